The Bertz CT molecular complexity index is 633. The number of methoxy groups -OCH3 is 1. The van der Waals surface area contributed by atoms with Gasteiger partial charge < -0.3 is 9.84 Å². The Morgan fingerprint density at radius 3 is 2.68 bits per heavy atom. The molecule has 5 nitrogen and oxygen atoms in total. The quantitative estimate of drug-likeness (QED) is 0.873. The second-order valence-electron chi connectivity index (χ2n) is 6.70. The van der Waals surface area contributed by atoms with E-state index in [1.807, 2.05) is 42.5 Å². The first-order valence-corrected chi connectivity index (χ1v) is 9.10. The fourth-order valence-electron chi connectivity index (χ4n) is 3.53. The van der Waals surface area contributed by atoms with Gasteiger partial charge in [-0.25, -0.2) is 0 Å². The van der Waals surface area contributed by atoms with Crippen molar-refractivity contribution in [3.63, 3.8) is 0 Å². The van der Waals surface area contributed by atoms with Gasteiger partial charge in [0, 0.05) is 18.7 Å². The molecule has 1 saturated heterocycles. The molecule has 134 valence electrons. The summed E-state index contributed by atoms with van der Waals surface area (Å²) >= 11 is 0. The Morgan fingerprint density at radius 1 is 1.12 bits per heavy atom. The highest BCUT2D eigenvalue weighted by Gasteiger charge is 2.24. The molecular formula is C20H27N3O2. The molecule has 1 aliphatic rings. The van der Waals surface area contributed by atoms with Gasteiger partial charge in [0.25, 0.3) is 0 Å². The molecule has 3 rings (SSSR count). The second-order valence-corrected chi connectivity index (χ2v) is 6.70. The van der Waals surface area contributed by atoms with Gasteiger partial charge in [0.15, 0.2) is 0 Å². The molecule has 0 amide bonds. The summed E-state index contributed by atoms with van der Waals surface area (Å²) in [5.41, 5.74) is 1.94. The first-order valence-electron chi connectivity index (χ1n) is 9.10. The fraction of sp³-hybridized carbons (Fsp3) is 0.500. The van der Waals surface area contributed by atoms with E-state index in [1.165, 1.54) is 19.3 Å². The van der Waals surface area contributed by atoms with Gasteiger partial charge in [-0.15, -0.1) is 5.10 Å². The number of benzene rings is 1. The van der Waals surface area contributed by atoms with Crippen LogP contribution < -0.4 is 4.74 Å². The summed E-state index contributed by atoms with van der Waals surface area (Å²) in [7, 11) is 1.60. The normalized spacial score (nSPS) is 20.0. The number of hydrogen-bond acceptors (Lipinski definition) is 5. The molecule has 0 aliphatic carbocycles. The van der Waals surface area contributed by atoms with Gasteiger partial charge >= 0.3 is 0 Å². The Kier molecular flexibility index (Phi) is 6.36. The smallest absolute Gasteiger partial charge is 0.233 e. The molecule has 1 aromatic carbocycles. The topological polar surface area (TPSA) is 58.5 Å². The predicted molar refractivity (Wildman–Crippen MR) is 97.3 cm³/mol. The summed E-state index contributed by atoms with van der Waals surface area (Å²) in [6.07, 6.45) is 5.12. The maximum absolute atomic E-state index is 10.6. The summed E-state index contributed by atoms with van der Waals surface area (Å²) in [6.45, 7) is 1.81. The molecule has 2 unspecified atom stereocenters. The fourth-order valence-corrected chi connectivity index (χ4v) is 3.53. The highest BCUT2D eigenvalue weighted by Crippen LogP contribution is 2.27. The molecule has 0 saturated carbocycles. The lowest BCUT2D eigenvalue weighted by atomic mass is 9.98. The molecule has 0 bridgehead atoms. The van der Waals surface area contributed by atoms with Gasteiger partial charge in [-0.3, -0.25) is 4.90 Å². The minimum atomic E-state index is -0.422. The lowest BCUT2D eigenvalue weighted by molar-refractivity contribution is 0.0966. The maximum Gasteiger partial charge on any atom is 0.233 e. The van der Waals surface area contributed by atoms with Gasteiger partial charge in [0.2, 0.25) is 5.88 Å². The van der Waals surface area contributed by atoms with Crippen LogP contribution in [0.1, 0.15) is 49.5 Å². The summed E-state index contributed by atoms with van der Waals surface area (Å²) in [5.74, 6) is 0.538. The molecule has 1 fully saturated rings. The van der Waals surface area contributed by atoms with Crippen LogP contribution in [0.2, 0.25) is 0 Å². The van der Waals surface area contributed by atoms with Crippen LogP contribution in [-0.2, 0) is 6.54 Å². The number of aliphatic hydroxyl groups is 1. The van der Waals surface area contributed by atoms with Gasteiger partial charge in [-0.1, -0.05) is 43.2 Å². The van der Waals surface area contributed by atoms with Crippen molar-refractivity contribution in [2.24, 2.45) is 0 Å². The van der Waals surface area contributed by atoms with Crippen LogP contribution in [0.25, 0.3) is 0 Å². The molecule has 25 heavy (non-hydrogen) atoms. The van der Waals surface area contributed by atoms with E-state index in [1.54, 1.807) is 7.11 Å². The van der Waals surface area contributed by atoms with Crippen molar-refractivity contribution in [1.82, 2.24) is 15.1 Å². The van der Waals surface area contributed by atoms with E-state index in [0.717, 1.165) is 37.2 Å². The predicted octanol–water partition coefficient (Wildman–Crippen LogP) is 3.35. The van der Waals surface area contributed by atoms with Crippen molar-refractivity contribution >= 4 is 0 Å². The third-order valence-electron chi connectivity index (χ3n) is 4.95. The molecule has 1 aliphatic heterocycles. The summed E-state index contributed by atoms with van der Waals surface area (Å²) in [6, 6.07) is 14.1. The van der Waals surface area contributed by atoms with Crippen LogP contribution in [0.3, 0.4) is 0 Å². The molecule has 2 heterocycles. The minimum absolute atomic E-state index is 0.363. The van der Waals surface area contributed by atoms with Crippen molar-refractivity contribution in [1.29, 1.82) is 0 Å². The van der Waals surface area contributed by atoms with Crippen LogP contribution in [0.15, 0.2) is 42.5 Å². The third kappa shape index (κ3) is 5.00. The zero-order valence-electron chi connectivity index (χ0n) is 14.8. The van der Waals surface area contributed by atoms with Crippen molar-refractivity contribution in [2.45, 2.75) is 50.8 Å². The lowest BCUT2D eigenvalue weighted by Gasteiger charge is -2.31. The lowest BCUT2D eigenvalue weighted by Crippen LogP contribution is -2.36. The van der Waals surface area contributed by atoms with Crippen LogP contribution in [0, 0.1) is 0 Å². The third-order valence-corrected chi connectivity index (χ3v) is 4.95. The van der Waals surface area contributed by atoms with Crippen molar-refractivity contribution in [3.8, 4) is 5.88 Å². The SMILES string of the molecule is COc1ccc(CN2CCCCCC2CC(O)c2ccccc2)nn1. The van der Waals surface area contributed by atoms with Crippen molar-refractivity contribution < 1.29 is 9.84 Å². The zero-order chi connectivity index (χ0) is 17.5. The number of aliphatic hydroxyl groups excluding tert-OH is 1. The summed E-state index contributed by atoms with van der Waals surface area (Å²) in [5, 5.41) is 19.0. The molecular weight excluding hydrogens is 314 g/mol. The van der Waals surface area contributed by atoms with E-state index in [0.29, 0.717) is 11.9 Å². The van der Waals surface area contributed by atoms with E-state index < -0.39 is 6.10 Å². The Balaban J connectivity index is 1.68. The highest BCUT2D eigenvalue weighted by atomic mass is 16.5. The molecule has 0 radical (unpaired) electrons. The zero-order valence-corrected chi connectivity index (χ0v) is 14.8. The Hall–Kier alpha value is -1.98. The molecule has 5 heteroatoms. The molecule has 0 spiro atoms. The van der Waals surface area contributed by atoms with Crippen LogP contribution in [-0.4, -0.2) is 39.9 Å². The van der Waals surface area contributed by atoms with E-state index in [9.17, 15) is 5.11 Å². The maximum atomic E-state index is 10.6. The van der Waals surface area contributed by atoms with E-state index in [2.05, 4.69) is 15.1 Å². The van der Waals surface area contributed by atoms with E-state index in [4.69, 9.17) is 4.74 Å². The second kappa shape index (κ2) is 8.92. The summed E-state index contributed by atoms with van der Waals surface area (Å²) < 4.78 is 5.08. The number of rotatable bonds is 6. The van der Waals surface area contributed by atoms with Crippen molar-refractivity contribution in [3.05, 3.63) is 53.7 Å². The Morgan fingerprint density at radius 2 is 1.96 bits per heavy atom. The largest absolute Gasteiger partial charge is 0.480 e. The number of ether oxygens (including phenoxy) is 1. The Labute approximate surface area is 149 Å². The summed E-state index contributed by atoms with van der Waals surface area (Å²) in [4.78, 5) is 2.45. The van der Waals surface area contributed by atoms with Crippen LogP contribution >= 0.6 is 0 Å². The number of likely N-dealkylation sites (tertiary alicyclic amines) is 1. The minimum Gasteiger partial charge on any atom is -0.480 e. The van der Waals surface area contributed by atoms with Gasteiger partial charge in [0.1, 0.15) is 0 Å². The molecule has 1 aromatic heterocycles. The van der Waals surface area contributed by atoms with Crippen LogP contribution in [0.5, 0.6) is 5.88 Å². The number of aromatic nitrogens is 2. The average Bonchev–Trinajstić information content (AvgIpc) is 2.88. The first-order chi connectivity index (χ1) is 12.3. The van der Waals surface area contributed by atoms with E-state index >= 15 is 0 Å². The number of hydrogen-bond donors (Lipinski definition) is 1. The van der Waals surface area contributed by atoms with E-state index in [-0.39, 0.29) is 0 Å². The van der Waals surface area contributed by atoms with Crippen molar-refractivity contribution in [2.75, 3.05) is 13.7 Å². The molecule has 2 atom stereocenters. The number of nitrogens with zero attached hydrogens (tertiary/aromatic N) is 3. The van der Waals surface area contributed by atoms with Gasteiger partial charge in [-0.2, -0.15) is 5.10 Å². The van der Waals surface area contributed by atoms with Gasteiger partial charge in [0.05, 0.1) is 18.9 Å². The van der Waals surface area contributed by atoms with Gasteiger partial charge in [-0.05, 0) is 37.4 Å². The average molecular weight is 341 g/mol. The molecule has 1 N–H and O–H groups in total. The standard InChI is InChI=1S/C20H27N3O2/c1-25-20-12-11-17(21-22-20)15-23-13-7-3-6-10-18(23)14-19(24)16-8-4-2-5-9-16/h2,4-5,8-9,11-12,18-19,24H,3,6-7,10,13-15H2,1H3. The molecule has 2 aromatic rings. The monoisotopic (exact) mass is 341 g/mol. The van der Waals surface area contributed by atoms with Crippen LogP contribution in [0.4, 0.5) is 0 Å². The first kappa shape index (κ1) is 17.8. The highest BCUT2D eigenvalue weighted by molar-refractivity contribution is 5.17.